The van der Waals surface area contributed by atoms with Crippen molar-refractivity contribution < 1.29 is 27.9 Å². The van der Waals surface area contributed by atoms with E-state index in [9.17, 15) is 27.9 Å². The number of aryl methyl sites for hydroxylation is 2. The van der Waals surface area contributed by atoms with E-state index in [2.05, 4.69) is 5.32 Å². The zero-order valence-corrected chi connectivity index (χ0v) is 15.2. The Kier molecular flexibility index (Phi) is 4.93. The van der Waals surface area contributed by atoms with E-state index >= 15 is 0 Å². The summed E-state index contributed by atoms with van der Waals surface area (Å²) in [6.07, 6.45) is -5.27. The third-order valence-corrected chi connectivity index (χ3v) is 4.86. The first kappa shape index (κ1) is 19.9. The number of hydrogen-bond acceptors (Lipinski definition) is 3. The SMILES string of the molecule is Cc1ccc(C(=O)[C@@H]2[C@@H](c3ccc(C)cc3)NC(=O)N[C@@]2(O)C(F)(F)F)cc1. The van der Waals surface area contributed by atoms with E-state index in [0.29, 0.717) is 0 Å². The molecule has 0 bridgehead atoms. The molecule has 0 aromatic heterocycles. The normalized spacial score (nSPS) is 25.0. The highest BCUT2D eigenvalue weighted by molar-refractivity contribution is 6.00. The minimum absolute atomic E-state index is 0.00772. The van der Waals surface area contributed by atoms with Crippen molar-refractivity contribution in [3.05, 3.63) is 70.8 Å². The Labute approximate surface area is 159 Å². The van der Waals surface area contributed by atoms with Crippen LogP contribution in [0.15, 0.2) is 48.5 Å². The lowest BCUT2D eigenvalue weighted by molar-refractivity contribution is -0.287. The maximum Gasteiger partial charge on any atom is 0.437 e. The average molecular weight is 392 g/mol. The van der Waals surface area contributed by atoms with Crippen LogP contribution < -0.4 is 10.6 Å². The number of carbonyl (C=O) groups excluding carboxylic acids is 2. The molecule has 148 valence electrons. The number of nitrogens with one attached hydrogen (secondary N) is 2. The standard InChI is InChI=1S/C20H19F3N2O3/c1-11-3-7-13(8-4-11)16-15(17(26)14-9-5-12(2)6-10-14)19(28,20(21,22)23)25-18(27)24-16/h3-10,15-16,28H,1-2H3,(H2,24,25,27)/t15-,16+,19-/m0/s1. The number of ketones is 1. The predicted octanol–water partition coefficient (Wildman–Crippen LogP) is 3.41. The molecular formula is C20H19F3N2O3. The lowest BCUT2D eigenvalue weighted by Gasteiger charge is -2.45. The van der Waals surface area contributed by atoms with Gasteiger partial charge in [0.1, 0.15) is 5.92 Å². The van der Waals surface area contributed by atoms with Crippen molar-refractivity contribution in [1.82, 2.24) is 10.6 Å². The van der Waals surface area contributed by atoms with Gasteiger partial charge in [0.15, 0.2) is 5.78 Å². The molecule has 0 radical (unpaired) electrons. The topological polar surface area (TPSA) is 78.4 Å². The molecule has 0 saturated carbocycles. The van der Waals surface area contributed by atoms with Crippen LogP contribution in [-0.4, -0.2) is 28.8 Å². The third kappa shape index (κ3) is 3.47. The van der Waals surface area contributed by atoms with E-state index < -0.39 is 35.7 Å². The molecule has 1 saturated heterocycles. The number of Topliss-reactive ketones (excluding diaryl/α,β-unsaturated/α-hetero) is 1. The second-order valence-electron chi connectivity index (χ2n) is 6.96. The summed E-state index contributed by atoms with van der Waals surface area (Å²) in [5.74, 6) is -2.95. The molecule has 2 aromatic rings. The summed E-state index contributed by atoms with van der Waals surface area (Å²) in [5.41, 5.74) is -1.74. The van der Waals surface area contributed by atoms with Crippen LogP contribution in [0.4, 0.5) is 18.0 Å². The molecule has 3 atom stereocenters. The van der Waals surface area contributed by atoms with E-state index in [1.807, 2.05) is 0 Å². The molecule has 8 heteroatoms. The van der Waals surface area contributed by atoms with Crippen LogP contribution in [-0.2, 0) is 0 Å². The van der Waals surface area contributed by atoms with Gasteiger partial charge in [-0.25, -0.2) is 4.79 Å². The summed E-state index contributed by atoms with van der Waals surface area (Å²) >= 11 is 0. The first-order valence-electron chi connectivity index (χ1n) is 8.58. The van der Waals surface area contributed by atoms with Gasteiger partial charge in [-0.1, -0.05) is 59.7 Å². The number of halogens is 3. The summed E-state index contributed by atoms with van der Waals surface area (Å²) in [4.78, 5) is 25.0. The Balaban J connectivity index is 2.15. The number of rotatable bonds is 3. The number of benzene rings is 2. The van der Waals surface area contributed by atoms with Crippen molar-refractivity contribution in [3.8, 4) is 0 Å². The van der Waals surface area contributed by atoms with Crippen LogP contribution in [0.5, 0.6) is 0 Å². The monoisotopic (exact) mass is 392 g/mol. The van der Waals surface area contributed by atoms with Gasteiger partial charge in [0.25, 0.3) is 0 Å². The fourth-order valence-electron chi connectivity index (χ4n) is 3.29. The van der Waals surface area contributed by atoms with E-state index in [4.69, 9.17) is 0 Å². The molecule has 1 aliphatic heterocycles. The van der Waals surface area contributed by atoms with Gasteiger partial charge in [-0.15, -0.1) is 0 Å². The summed E-state index contributed by atoms with van der Waals surface area (Å²) in [5, 5.41) is 14.4. The Morgan fingerprint density at radius 3 is 2.00 bits per heavy atom. The Morgan fingerprint density at radius 2 is 1.50 bits per heavy atom. The highest BCUT2D eigenvalue weighted by atomic mass is 19.4. The first-order chi connectivity index (χ1) is 13.0. The number of alkyl halides is 3. The molecule has 2 amide bonds. The van der Waals surface area contributed by atoms with Gasteiger partial charge in [0.05, 0.1) is 6.04 Å². The highest BCUT2D eigenvalue weighted by Gasteiger charge is 2.66. The van der Waals surface area contributed by atoms with Gasteiger partial charge >= 0.3 is 12.2 Å². The van der Waals surface area contributed by atoms with Gasteiger partial charge in [0, 0.05) is 5.56 Å². The van der Waals surface area contributed by atoms with Gasteiger partial charge < -0.3 is 15.7 Å². The van der Waals surface area contributed by atoms with E-state index in [0.717, 1.165) is 11.1 Å². The number of urea groups is 1. The van der Waals surface area contributed by atoms with Crippen molar-refractivity contribution in [3.63, 3.8) is 0 Å². The van der Waals surface area contributed by atoms with Gasteiger partial charge in [0.2, 0.25) is 5.72 Å². The van der Waals surface area contributed by atoms with E-state index in [1.54, 1.807) is 38.1 Å². The van der Waals surface area contributed by atoms with Gasteiger partial charge in [-0.05, 0) is 19.4 Å². The molecule has 28 heavy (non-hydrogen) atoms. The largest absolute Gasteiger partial charge is 0.437 e. The molecular weight excluding hydrogens is 373 g/mol. The van der Waals surface area contributed by atoms with Crippen LogP contribution in [0, 0.1) is 19.8 Å². The van der Waals surface area contributed by atoms with Crippen LogP contribution in [0.2, 0.25) is 0 Å². The number of hydrogen-bond donors (Lipinski definition) is 3. The molecule has 5 nitrogen and oxygen atoms in total. The first-order valence-corrected chi connectivity index (χ1v) is 8.58. The predicted molar refractivity (Wildman–Crippen MR) is 95.6 cm³/mol. The fraction of sp³-hybridized carbons (Fsp3) is 0.300. The Morgan fingerprint density at radius 1 is 1.00 bits per heavy atom. The number of aliphatic hydroxyl groups is 1. The molecule has 0 spiro atoms. The molecule has 1 fully saturated rings. The van der Waals surface area contributed by atoms with Crippen molar-refractivity contribution in [1.29, 1.82) is 0 Å². The summed E-state index contributed by atoms with van der Waals surface area (Å²) in [7, 11) is 0. The van der Waals surface area contributed by atoms with E-state index in [-0.39, 0.29) is 11.1 Å². The minimum Gasteiger partial charge on any atom is -0.363 e. The highest BCUT2D eigenvalue weighted by Crippen LogP contribution is 2.43. The summed E-state index contributed by atoms with van der Waals surface area (Å²) in [6.45, 7) is 3.57. The number of carbonyl (C=O) groups is 2. The smallest absolute Gasteiger partial charge is 0.363 e. The number of amides is 2. The minimum atomic E-state index is -5.27. The molecule has 0 unspecified atom stereocenters. The van der Waals surface area contributed by atoms with Crippen molar-refractivity contribution in [2.75, 3.05) is 0 Å². The maximum atomic E-state index is 13.8. The van der Waals surface area contributed by atoms with Crippen molar-refractivity contribution in [2.45, 2.75) is 31.8 Å². The lowest BCUT2D eigenvalue weighted by Crippen LogP contribution is -2.72. The van der Waals surface area contributed by atoms with E-state index in [1.165, 1.54) is 29.6 Å². The van der Waals surface area contributed by atoms with Crippen molar-refractivity contribution >= 4 is 11.8 Å². The Hall–Kier alpha value is -2.87. The average Bonchev–Trinajstić information content (AvgIpc) is 2.61. The van der Waals surface area contributed by atoms with Gasteiger partial charge in [-0.3, -0.25) is 4.79 Å². The van der Waals surface area contributed by atoms with Gasteiger partial charge in [-0.2, -0.15) is 13.2 Å². The molecule has 2 aromatic carbocycles. The molecule has 1 heterocycles. The van der Waals surface area contributed by atoms with Crippen LogP contribution in [0.3, 0.4) is 0 Å². The second kappa shape index (κ2) is 6.94. The zero-order valence-electron chi connectivity index (χ0n) is 15.2. The molecule has 3 N–H and O–H groups in total. The Bertz CT molecular complexity index is 894. The molecule has 1 aliphatic rings. The zero-order chi connectivity index (χ0) is 20.7. The maximum absolute atomic E-state index is 13.8. The molecule has 3 rings (SSSR count). The molecule has 0 aliphatic carbocycles. The summed E-state index contributed by atoms with van der Waals surface area (Å²) < 4.78 is 41.4. The second-order valence-corrected chi connectivity index (χ2v) is 6.96. The fourth-order valence-corrected chi connectivity index (χ4v) is 3.29. The third-order valence-electron chi connectivity index (χ3n) is 4.86. The van der Waals surface area contributed by atoms with Crippen LogP contribution in [0.25, 0.3) is 0 Å². The quantitative estimate of drug-likeness (QED) is 0.701. The summed E-state index contributed by atoms with van der Waals surface area (Å²) in [6, 6.07) is 9.77. The van der Waals surface area contributed by atoms with Crippen LogP contribution >= 0.6 is 0 Å². The van der Waals surface area contributed by atoms with Crippen LogP contribution in [0.1, 0.15) is 33.1 Å². The van der Waals surface area contributed by atoms with Crippen molar-refractivity contribution in [2.24, 2.45) is 5.92 Å². The lowest BCUT2D eigenvalue weighted by atomic mass is 9.77.